The molecule has 0 fully saturated rings. The topological polar surface area (TPSA) is 55.8 Å². The molecule has 0 heterocycles. The Morgan fingerprint density at radius 1 is 1.35 bits per heavy atom. The van der Waals surface area contributed by atoms with Gasteiger partial charge in [-0.15, -0.1) is 0 Å². The predicted octanol–water partition coefficient (Wildman–Crippen LogP) is 2.47. The van der Waals surface area contributed by atoms with Gasteiger partial charge in [0.1, 0.15) is 11.4 Å². The minimum absolute atomic E-state index is 0.460. The summed E-state index contributed by atoms with van der Waals surface area (Å²) in [7, 11) is 1.30. The van der Waals surface area contributed by atoms with Crippen LogP contribution in [-0.4, -0.2) is 29.4 Å². The van der Waals surface area contributed by atoms with Crippen molar-refractivity contribution in [3.8, 4) is 5.75 Å². The summed E-state index contributed by atoms with van der Waals surface area (Å²) < 4.78 is 10.7. The van der Waals surface area contributed by atoms with Gasteiger partial charge in [0.25, 0.3) is 0 Å². The molecule has 0 radical (unpaired) electrons. The van der Waals surface area contributed by atoms with Gasteiger partial charge in [-0.2, -0.15) is 0 Å². The second-order valence-electron chi connectivity index (χ2n) is 5.16. The van der Waals surface area contributed by atoms with Gasteiger partial charge in [-0.25, -0.2) is 4.79 Å². The maximum atomic E-state index is 12.2. The van der Waals surface area contributed by atoms with Crippen molar-refractivity contribution in [2.75, 3.05) is 7.11 Å². The fourth-order valence-electron chi connectivity index (χ4n) is 2.47. The second kappa shape index (κ2) is 5.67. The summed E-state index contributed by atoms with van der Waals surface area (Å²) in [6.45, 7) is 1.57. The number of ether oxygens (including phenoxy) is 2. The Kier molecular flexibility index (Phi) is 4.14. The molecule has 0 saturated carbocycles. The zero-order valence-electron chi connectivity index (χ0n) is 11.8. The molecule has 4 heteroatoms. The van der Waals surface area contributed by atoms with Crippen LogP contribution < -0.4 is 4.74 Å². The lowest BCUT2D eigenvalue weighted by Crippen LogP contribution is -2.61. The molecule has 4 nitrogen and oxygen atoms in total. The van der Waals surface area contributed by atoms with Gasteiger partial charge in [0, 0.05) is 0 Å². The molecule has 2 rings (SSSR count). The number of aliphatic hydroxyl groups is 1. The Balaban J connectivity index is 2.37. The number of carbonyl (C=O) groups excluding carboxylic acids is 1. The van der Waals surface area contributed by atoms with Crippen LogP contribution in [0.4, 0.5) is 0 Å². The van der Waals surface area contributed by atoms with Gasteiger partial charge in [0.15, 0.2) is 0 Å². The third-order valence-electron chi connectivity index (χ3n) is 3.79. The highest BCUT2D eigenvalue weighted by Gasteiger charge is 2.54. The van der Waals surface area contributed by atoms with E-state index in [1.54, 1.807) is 25.1 Å². The molecule has 2 atom stereocenters. The molecular weight excluding hydrogens is 256 g/mol. The van der Waals surface area contributed by atoms with Crippen molar-refractivity contribution in [1.82, 2.24) is 0 Å². The van der Waals surface area contributed by atoms with Crippen molar-refractivity contribution in [2.24, 2.45) is 0 Å². The lowest BCUT2D eigenvalue weighted by molar-refractivity contribution is -0.178. The largest absolute Gasteiger partial charge is 0.472 e. The molecule has 0 spiro atoms. The van der Waals surface area contributed by atoms with E-state index in [9.17, 15) is 9.90 Å². The van der Waals surface area contributed by atoms with Crippen LogP contribution in [0.1, 0.15) is 26.2 Å². The van der Waals surface area contributed by atoms with Gasteiger partial charge in [-0.3, -0.25) is 0 Å². The maximum Gasteiger partial charge on any atom is 0.353 e. The van der Waals surface area contributed by atoms with Gasteiger partial charge in [-0.1, -0.05) is 30.4 Å². The number of esters is 1. The fourth-order valence-corrected chi connectivity index (χ4v) is 2.47. The lowest BCUT2D eigenvalue weighted by atomic mass is 9.77. The first kappa shape index (κ1) is 14.6. The molecule has 20 heavy (non-hydrogen) atoms. The van der Waals surface area contributed by atoms with Crippen LogP contribution in [0.25, 0.3) is 0 Å². The Labute approximate surface area is 119 Å². The van der Waals surface area contributed by atoms with E-state index >= 15 is 0 Å². The number of benzene rings is 1. The lowest BCUT2D eigenvalue weighted by Gasteiger charge is -2.42. The van der Waals surface area contributed by atoms with E-state index in [-0.39, 0.29) is 0 Å². The molecule has 1 N–H and O–H groups in total. The summed E-state index contributed by atoms with van der Waals surface area (Å²) in [6, 6.07) is 8.98. The number of methoxy groups -OCH3 is 1. The highest BCUT2D eigenvalue weighted by Crippen LogP contribution is 2.37. The van der Waals surface area contributed by atoms with Gasteiger partial charge < -0.3 is 14.6 Å². The molecule has 0 aliphatic heterocycles. The van der Waals surface area contributed by atoms with Gasteiger partial charge in [-0.05, 0) is 38.3 Å². The SMILES string of the molecule is COC(=O)C(C)(Oc1ccccc1)C1(O)C=CCCC1. The average molecular weight is 276 g/mol. The third kappa shape index (κ3) is 2.56. The number of hydrogen-bond donors (Lipinski definition) is 1. The van der Waals surface area contributed by atoms with Crippen LogP contribution >= 0.6 is 0 Å². The van der Waals surface area contributed by atoms with Crippen molar-refractivity contribution in [3.63, 3.8) is 0 Å². The first-order valence-electron chi connectivity index (χ1n) is 6.74. The summed E-state index contributed by atoms with van der Waals surface area (Å²) >= 11 is 0. The van der Waals surface area contributed by atoms with Crippen LogP contribution in [0.5, 0.6) is 5.75 Å². The van der Waals surface area contributed by atoms with Crippen LogP contribution in [0, 0.1) is 0 Å². The Morgan fingerprint density at radius 3 is 2.60 bits per heavy atom. The zero-order valence-corrected chi connectivity index (χ0v) is 11.8. The maximum absolute atomic E-state index is 12.2. The van der Waals surface area contributed by atoms with E-state index in [0.29, 0.717) is 12.2 Å². The van der Waals surface area contributed by atoms with Crippen molar-refractivity contribution in [1.29, 1.82) is 0 Å². The fraction of sp³-hybridized carbons (Fsp3) is 0.438. The molecule has 1 aromatic carbocycles. The van der Waals surface area contributed by atoms with E-state index in [1.165, 1.54) is 7.11 Å². The molecule has 108 valence electrons. The van der Waals surface area contributed by atoms with Crippen LogP contribution in [0.15, 0.2) is 42.5 Å². The minimum Gasteiger partial charge on any atom is -0.472 e. The van der Waals surface area contributed by atoms with Crippen molar-refractivity contribution < 1.29 is 19.4 Å². The first-order chi connectivity index (χ1) is 9.52. The highest BCUT2D eigenvalue weighted by atomic mass is 16.6. The Morgan fingerprint density at radius 2 is 2.05 bits per heavy atom. The van der Waals surface area contributed by atoms with Gasteiger partial charge in [0.2, 0.25) is 5.60 Å². The Bertz CT molecular complexity index is 496. The molecule has 0 aromatic heterocycles. The summed E-state index contributed by atoms with van der Waals surface area (Å²) in [4.78, 5) is 12.2. The molecular formula is C16H20O4. The highest BCUT2D eigenvalue weighted by molar-refractivity contribution is 5.82. The zero-order chi connectivity index (χ0) is 14.6. The van der Waals surface area contributed by atoms with E-state index < -0.39 is 17.2 Å². The van der Waals surface area contributed by atoms with Gasteiger partial charge >= 0.3 is 5.97 Å². The van der Waals surface area contributed by atoms with E-state index in [2.05, 4.69) is 0 Å². The molecule has 2 unspecified atom stereocenters. The number of allylic oxidation sites excluding steroid dienone is 1. The van der Waals surface area contributed by atoms with Crippen molar-refractivity contribution in [2.45, 2.75) is 37.4 Å². The normalized spacial score (nSPS) is 24.8. The molecule has 1 aromatic rings. The molecule has 0 saturated heterocycles. The minimum atomic E-state index is -1.47. The number of carbonyl (C=O) groups is 1. The summed E-state index contributed by atoms with van der Waals surface area (Å²) in [5, 5.41) is 10.8. The van der Waals surface area contributed by atoms with E-state index in [0.717, 1.165) is 12.8 Å². The van der Waals surface area contributed by atoms with E-state index in [1.807, 2.05) is 24.3 Å². The summed E-state index contributed by atoms with van der Waals surface area (Å²) in [5.74, 6) is -0.0665. The monoisotopic (exact) mass is 276 g/mol. The Hall–Kier alpha value is -1.81. The third-order valence-corrected chi connectivity index (χ3v) is 3.79. The summed E-state index contributed by atoms with van der Waals surface area (Å²) in [5.41, 5.74) is -2.84. The number of para-hydroxylation sites is 1. The summed E-state index contributed by atoms with van der Waals surface area (Å²) in [6.07, 6.45) is 5.68. The van der Waals surface area contributed by atoms with Crippen LogP contribution in [-0.2, 0) is 9.53 Å². The number of hydrogen-bond acceptors (Lipinski definition) is 4. The van der Waals surface area contributed by atoms with Crippen LogP contribution in [0.3, 0.4) is 0 Å². The van der Waals surface area contributed by atoms with Crippen molar-refractivity contribution >= 4 is 5.97 Å². The van der Waals surface area contributed by atoms with Crippen molar-refractivity contribution in [3.05, 3.63) is 42.5 Å². The predicted molar refractivity (Wildman–Crippen MR) is 75.4 cm³/mol. The van der Waals surface area contributed by atoms with Crippen LogP contribution in [0.2, 0.25) is 0 Å². The molecule has 1 aliphatic carbocycles. The quantitative estimate of drug-likeness (QED) is 0.678. The molecule has 0 amide bonds. The van der Waals surface area contributed by atoms with Gasteiger partial charge in [0.05, 0.1) is 7.11 Å². The number of rotatable bonds is 4. The second-order valence-corrected chi connectivity index (χ2v) is 5.16. The standard InChI is InChI=1S/C16H20O4/c1-15(14(17)19-2,16(18)11-7-4-8-12-16)20-13-9-5-3-6-10-13/h3,5-7,9-11,18H,4,8,12H2,1-2H3. The first-order valence-corrected chi connectivity index (χ1v) is 6.74. The molecule has 1 aliphatic rings. The molecule has 0 bridgehead atoms. The smallest absolute Gasteiger partial charge is 0.353 e. The average Bonchev–Trinajstić information content (AvgIpc) is 2.48. The van der Waals surface area contributed by atoms with E-state index in [4.69, 9.17) is 9.47 Å².